The number of aromatic nitrogens is 6. The lowest BCUT2D eigenvalue weighted by atomic mass is 9.88. The minimum absolute atomic E-state index is 0.0392. The molecule has 5 aromatic rings. The van der Waals surface area contributed by atoms with Crippen LogP contribution in [0.1, 0.15) is 30.3 Å². The summed E-state index contributed by atoms with van der Waals surface area (Å²) < 4.78 is 83.3. The van der Waals surface area contributed by atoms with Crippen LogP contribution in [0.4, 0.5) is 13.2 Å². The van der Waals surface area contributed by atoms with Crippen molar-refractivity contribution in [2.75, 3.05) is 26.1 Å². The molecule has 0 radical (unpaired) electrons. The molecule has 0 amide bonds. The molecule has 0 N–H and O–H groups in total. The highest BCUT2D eigenvalue weighted by Crippen LogP contribution is 2.45. The average molecular weight is 615 g/mol. The fraction of sp³-hybridized carbons (Fsp3) is 0.379. The number of hydrogen-bond acceptors (Lipinski definition) is 8. The van der Waals surface area contributed by atoms with Crippen molar-refractivity contribution in [3.8, 4) is 17.0 Å². The SMILES string of the molecule is Cc1nnn(C)c1-c1cnc2c3c(OCC(F)F)ccc(S(C)(=O)=O)c3n(C(c3ncccc3F)C3CCOCC3)c2c1. The second-order valence-corrected chi connectivity index (χ2v) is 12.6. The van der Waals surface area contributed by atoms with Gasteiger partial charge in [-0.1, -0.05) is 5.21 Å². The van der Waals surface area contributed by atoms with Crippen molar-refractivity contribution in [3.05, 3.63) is 59.9 Å². The van der Waals surface area contributed by atoms with E-state index in [2.05, 4.69) is 15.3 Å². The molecule has 1 unspecified atom stereocenters. The number of hydrogen-bond donors (Lipinski definition) is 0. The van der Waals surface area contributed by atoms with Gasteiger partial charge in [0.1, 0.15) is 18.2 Å². The van der Waals surface area contributed by atoms with Gasteiger partial charge in [-0.3, -0.25) is 9.97 Å². The van der Waals surface area contributed by atoms with E-state index in [1.807, 2.05) is 6.07 Å². The summed E-state index contributed by atoms with van der Waals surface area (Å²) >= 11 is 0. The Hall–Kier alpha value is -4.04. The normalized spacial score (nSPS) is 15.5. The zero-order valence-corrected chi connectivity index (χ0v) is 24.5. The highest BCUT2D eigenvalue weighted by atomic mass is 32.2. The summed E-state index contributed by atoms with van der Waals surface area (Å²) in [7, 11) is -2.15. The zero-order valence-electron chi connectivity index (χ0n) is 23.7. The van der Waals surface area contributed by atoms with E-state index in [0.717, 1.165) is 6.26 Å². The Morgan fingerprint density at radius 2 is 1.93 bits per heavy atom. The number of ether oxygens (including phenoxy) is 2. The Morgan fingerprint density at radius 1 is 1.16 bits per heavy atom. The fourth-order valence-electron chi connectivity index (χ4n) is 6.02. The van der Waals surface area contributed by atoms with E-state index < -0.39 is 34.7 Å². The molecule has 1 aliphatic rings. The van der Waals surface area contributed by atoms with Crippen molar-refractivity contribution >= 4 is 31.8 Å². The van der Waals surface area contributed by atoms with Gasteiger partial charge < -0.3 is 14.0 Å². The molecular weight excluding hydrogens is 585 g/mol. The average Bonchev–Trinajstić information content (AvgIpc) is 3.49. The van der Waals surface area contributed by atoms with Gasteiger partial charge in [-0.2, -0.15) is 0 Å². The Morgan fingerprint density at radius 3 is 2.58 bits per heavy atom. The van der Waals surface area contributed by atoms with Gasteiger partial charge in [0.15, 0.2) is 9.84 Å². The zero-order chi connectivity index (χ0) is 30.5. The van der Waals surface area contributed by atoms with E-state index in [9.17, 15) is 17.2 Å². The molecule has 0 bridgehead atoms. The molecule has 5 heterocycles. The maximum absolute atomic E-state index is 15.6. The van der Waals surface area contributed by atoms with E-state index in [1.165, 1.54) is 30.5 Å². The van der Waals surface area contributed by atoms with Crippen molar-refractivity contribution < 1.29 is 31.1 Å². The minimum atomic E-state index is -3.89. The first-order valence-corrected chi connectivity index (χ1v) is 15.6. The topological polar surface area (TPSA) is 114 Å². The van der Waals surface area contributed by atoms with Gasteiger partial charge in [-0.05, 0) is 56.0 Å². The maximum Gasteiger partial charge on any atom is 0.272 e. The number of benzene rings is 1. The third-order valence-electron chi connectivity index (χ3n) is 7.80. The van der Waals surface area contributed by atoms with E-state index in [-0.39, 0.29) is 33.2 Å². The number of rotatable bonds is 8. The number of aryl methyl sites for hydroxylation is 2. The van der Waals surface area contributed by atoms with Crippen LogP contribution in [0.25, 0.3) is 33.2 Å². The summed E-state index contributed by atoms with van der Waals surface area (Å²) in [6.45, 7) is 1.75. The van der Waals surface area contributed by atoms with Gasteiger partial charge in [-0.15, -0.1) is 5.10 Å². The molecule has 14 heteroatoms. The molecule has 1 aliphatic heterocycles. The summed E-state index contributed by atoms with van der Waals surface area (Å²) in [5, 5.41) is 8.47. The van der Waals surface area contributed by atoms with Crippen LogP contribution in [0.5, 0.6) is 5.75 Å². The Balaban J connectivity index is 1.79. The van der Waals surface area contributed by atoms with Crippen molar-refractivity contribution in [1.82, 2.24) is 29.5 Å². The number of halogens is 3. The first-order valence-electron chi connectivity index (χ1n) is 13.7. The highest BCUT2D eigenvalue weighted by molar-refractivity contribution is 7.91. The predicted molar refractivity (Wildman–Crippen MR) is 152 cm³/mol. The lowest BCUT2D eigenvalue weighted by Crippen LogP contribution is -2.28. The molecule has 0 aliphatic carbocycles. The molecule has 4 aromatic heterocycles. The molecule has 1 fully saturated rings. The van der Waals surface area contributed by atoms with Crippen LogP contribution >= 0.6 is 0 Å². The van der Waals surface area contributed by atoms with Gasteiger partial charge in [0.05, 0.1) is 50.0 Å². The van der Waals surface area contributed by atoms with Gasteiger partial charge in [0, 0.05) is 44.5 Å². The second kappa shape index (κ2) is 11.2. The van der Waals surface area contributed by atoms with Crippen LogP contribution in [-0.4, -0.2) is 70.4 Å². The molecule has 226 valence electrons. The molecule has 1 saturated heterocycles. The smallest absolute Gasteiger partial charge is 0.272 e. The number of fused-ring (bicyclic) bond motifs is 3. The van der Waals surface area contributed by atoms with E-state index in [0.29, 0.717) is 54.0 Å². The van der Waals surface area contributed by atoms with Crippen molar-refractivity contribution in [2.45, 2.75) is 37.1 Å². The molecule has 0 saturated carbocycles. The molecule has 10 nitrogen and oxygen atoms in total. The highest BCUT2D eigenvalue weighted by Gasteiger charge is 2.35. The summed E-state index contributed by atoms with van der Waals surface area (Å²) in [5.41, 5.74) is 3.01. The maximum atomic E-state index is 15.6. The Labute approximate surface area is 245 Å². The summed E-state index contributed by atoms with van der Waals surface area (Å²) in [6.07, 6.45) is 2.48. The van der Waals surface area contributed by atoms with Crippen LogP contribution in [0.2, 0.25) is 0 Å². The minimum Gasteiger partial charge on any atom is -0.487 e. The molecule has 0 spiro atoms. The third kappa shape index (κ3) is 5.22. The third-order valence-corrected chi connectivity index (χ3v) is 8.93. The molecule has 43 heavy (non-hydrogen) atoms. The van der Waals surface area contributed by atoms with E-state index in [1.54, 1.807) is 29.4 Å². The van der Waals surface area contributed by atoms with Crippen LogP contribution in [0, 0.1) is 18.7 Å². The van der Waals surface area contributed by atoms with Crippen molar-refractivity contribution in [2.24, 2.45) is 13.0 Å². The molecule has 1 aromatic carbocycles. The number of sulfone groups is 1. The Bertz CT molecular complexity index is 1920. The first-order chi connectivity index (χ1) is 20.6. The van der Waals surface area contributed by atoms with Crippen LogP contribution in [0.15, 0.2) is 47.6 Å². The quantitative estimate of drug-likeness (QED) is 0.243. The van der Waals surface area contributed by atoms with Crippen molar-refractivity contribution in [3.63, 3.8) is 0 Å². The molecule has 1 atom stereocenters. The summed E-state index contributed by atoms with van der Waals surface area (Å²) in [4.78, 5) is 9.10. The van der Waals surface area contributed by atoms with Gasteiger partial charge in [0.2, 0.25) is 0 Å². The lowest BCUT2D eigenvalue weighted by Gasteiger charge is -2.32. The van der Waals surface area contributed by atoms with Gasteiger partial charge in [-0.25, -0.2) is 26.3 Å². The predicted octanol–water partition coefficient (Wildman–Crippen LogP) is 4.89. The second-order valence-electron chi connectivity index (χ2n) is 10.6. The van der Waals surface area contributed by atoms with Crippen molar-refractivity contribution in [1.29, 1.82) is 0 Å². The lowest BCUT2D eigenvalue weighted by molar-refractivity contribution is 0.0542. The van der Waals surface area contributed by atoms with Gasteiger partial charge in [0.25, 0.3) is 6.43 Å². The fourth-order valence-corrected chi connectivity index (χ4v) is 6.89. The molecule has 6 rings (SSSR count). The van der Waals surface area contributed by atoms with Gasteiger partial charge >= 0.3 is 0 Å². The molecular formula is C29H29F3N6O4S. The largest absolute Gasteiger partial charge is 0.487 e. The number of nitrogens with zero attached hydrogens (tertiary/aromatic N) is 6. The van der Waals surface area contributed by atoms with Crippen LogP contribution in [0.3, 0.4) is 0 Å². The van der Waals surface area contributed by atoms with E-state index >= 15 is 4.39 Å². The number of pyridine rings is 2. The summed E-state index contributed by atoms with van der Waals surface area (Å²) in [5.74, 6) is -0.730. The standard InChI is InChI=1S/C29H29F3N6O4S/c1-16-27(37(2)36-35-16)18-13-20-26(34-14-18)24-21(42-15-23(31)32)6-7-22(43(3,39)40)29(24)38(20)28(17-8-11-41-12-9-17)25-19(30)5-4-10-33-25/h4-7,10,13-14,17,23,28H,8-9,11-12,15H2,1-3H3. The first kappa shape index (κ1) is 29.1. The summed E-state index contributed by atoms with van der Waals surface area (Å²) in [6, 6.07) is 6.51. The van der Waals surface area contributed by atoms with E-state index in [4.69, 9.17) is 14.5 Å². The van der Waals surface area contributed by atoms with Crippen LogP contribution < -0.4 is 4.74 Å². The Kier molecular flexibility index (Phi) is 7.59. The monoisotopic (exact) mass is 614 g/mol. The van der Waals surface area contributed by atoms with Crippen LogP contribution in [-0.2, 0) is 21.6 Å². The number of alkyl halides is 2.